The molecule has 128 valence electrons. The number of anilines is 3. The molecule has 0 aliphatic carbocycles. The van der Waals surface area contributed by atoms with Gasteiger partial charge in [0.1, 0.15) is 6.33 Å². The molecular formula is C14H15Cl2N5O3. The molecule has 2 aromatic rings. The number of aromatic nitrogens is 2. The molecule has 1 heterocycles. The molecule has 0 atom stereocenters. The summed E-state index contributed by atoms with van der Waals surface area (Å²) in [4.78, 5) is 18.8. The Hall–Kier alpha value is -2.16. The SMILES string of the molecule is COCCCNc1ncnc(Nc2cc(Cl)cc(Cl)c2)c1[N+](=O)[O-]. The number of nitrogens with one attached hydrogen (secondary N) is 2. The van der Waals surface area contributed by atoms with E-state index in [1.807, 2.05) is 0 Å². The summed E-state index contributed by atoms with van der Waals surface area (Å²) in [6, 6.07) is 4.74. The van der Waals surface area contributed by atoms with E-state index >= 15 is 0 Å². The Morgan fingerprint density at radius 2 is 1.88 bits per heavy atom. The van der Waals surface area contributed by atoms with Crippen LogP contribution in [-0.2, 0) is 4.74 Å². The van der Waals surface area contributed by atoms with E-state index in [0.717, 1.165) is 0 Å². The van der Waals surface area contributed by atoms with Gasteiger partial charge in [-0.1, -0.05) is 23.2 Å². The fourth-order valence-corrected chi connectivity index (χ4v) is 2.48. The normalized spacial score (nSPS) is 10.5. The summed E-state index contributed by atoms with van der Waals surface area (Å²) in [6.07, 6.45) is 1.92. The standard InChI is InChI=1S/C14H15Cl2N5O3/c1-24-4-2-3-17-13-12(21(22)23)14(19-8-18-13)20-11-6-9(15)5-10(16)7-11/h5-8H,2-4H2,1H3,(H2,17,18,19,20). The third-order valence-electron chi connectivity index (χ3n) is 2.95. The lowest BCUT2D eigenvalue weighted by Gasteiger charge is -2.10. The van der Waals surface area contributed by atoms with Crippen LogP contribution in [-0.4, -0.2) is 35.2 Å². The van der Waals surface area contributed by atoms with Crippen molar-refractivity contribution in [1.29, 1.82) is 0 Å². The van der Waals surface area contributed by atoms with Gasteiger partial charge in [0.05, 0.1) is 4.92 Å². The van der Waals surface area contributed by atoms with Gasteiger partial charge < -0.3 is 15.4 Å². The van der Waals surface area contributed by atoms with Gasteiger partial charge in [-0.05, 0) is 24.6 Å². The van der Waals surface area contributed by atoms with Gasteiger partial charge in [-0.25, -0.2) is 9.97 Å². The van der Waals surface area contributed by atoms with Crippen molar-refractivity contribution in [1.82, 2.24) is 9.97 Å². The predicted molar refractivity (Wildman–Crippen MR) is 93.4 cm³/mol. The molecule has 1 aromatic carbocycles. The van der Waals surface area contributed by atoms with Crippen molar-refractivity contribution in [2.75, 3.05) is 30.9 Å². The van der Waals surface area contributed by atoms with E-state index in [2.05, 4.69) is 20.6 Å². The largest absolute Gasteiger partial charge is 0.385 e. The minimum atomic E-state index is -0.548. The van der Waals surface area contributed by atoms with Gasteiger partial charge >= 0.3 is 5.69 Å². The van der Waals surface area contributed by atoms with Gasteiger partial charge in [-0.3, -0.25) is 10.1 Å². The van der Waals surface area contributed by atoms with Crippen LogP contribution in [0.4, 0.5) is 23.0 Å². The molecule has 24 heavy (non-hydrogen) atoms. The van der Waals surface area contributed by atoms with Gasteiger partial charge in [0, 0.05) is 36.0 Å². The molecule has 0 saturated heterocycles. The maximum absolute atomic E-state index is 11.4. The van der Waals surface area contributed by atoms with Crippen molar-refractivity contribution in [2.24, 2.45) is 0 Å². The van der Waals surface area contributed by atoms with Crippen molar-refractivity contribution < 1.29 is 9.66 Å². The van der Waals surface area contributed by atoms with Gasteiger partial charge in [0.2, 0.25) is 11.6 Å². The molecule has 0 unspecified atom stereocenters. The molecule has 0 bridgehead atoms. The summed E-state index contributed by atoms with van der Waals surface area (Å²) >= 11 is 11.9. The van der Waals surface area contributed by atoms with Crippen molar-refractivity contribution in [3.63, 3.8) is 0 Å². The van der Waals surface area contributed by atoms with Gasteiger partial charge in [-0.2, -0.15) is 0 Å². The summed E-state index contributed by atoms with van der Waals surface area (Å²) in [5.41, 5.74) is 0.227. The van der Waals surface area contributed by atoms with Crippen molar-refractivity contribution in [3.8, 4) is 0 Å². The van der Waals surface area contributed by atoms with Crippen LogP contribution < -0.4 is 10.6 Å². The molecule has 10 heteroatoms. The highest BCUT2D eigenvalue weighted by Crippen LogP contribution is 2.32. The molecule has 1 aromatic heterocycles. The number of hydrogen-bond donors (Lipinski definition) is 2. The van der Waals surface area contributed by atoms with Crippen LogP contribution >= 0.6 is 23.2 Å². The maximum atomic E-state index is 11.4. The van der Waals surface area contributed by atoms with Crippen LogP contribution in [0.3, 0.4) is 0 Å². The molecule has 0 aliphatic heterocycles. The summed E-state index contributed by atoms with van der Waals surface area (Å²) in [7, 11) is 1.59. The highest BCUT2D eigenvalue weighted by molar-refractivity contribution is 6.35. The fraction of sp³-hybridized carbons (Fsp3) is 0.286. The second kappa shape index (κ2) is 8.62. The van der Waals surface area contributed by atoms with Crippen LogP contribution in [0.5, 0.6) is 0 Å². The predicted octanol–water partition coefficient (Wildman–Crippen LogP) is 3.88. The van der Waals surface area contributed by atoms with Crippen LogP contribution in [0.25, 0.3) is 0 Å². The van der Waals surface area contributed by atoms with Crippen molar-refractivity contribution in [2.45, 2.75) is 6.42 Å². The van der Waals surface area contributed by atoms with Crippen LogP contribution in [0.1, 0.15) is 6.42 Å². The Morgan fingerprint density at radius 1 is 1.21 bits per heavy atom. The quantitative estimate of drug-likeness (QED) is 0.412. The molecule has 0 fully saturated rings. The average molecular weight is 372 g/mol. The number of nitro groups is 1. The first-order valence-corrected chi connectivity index (χ1v) is 7.72. The van der Waals surface area contributed by atoms with Crippen LogP contribution in [0, 0.1) is 10.1 Å². The third-order valence-corrected chi connectivity index (χ3v) is 3.38. The molecule has 0 amide bonds. The molecule has 0 radical (unpaired) electrons. The van der Waals surface area contributed by atoms with E-state index in [4.69, 9.17) is 27.9 Å². The maximum Gasteiger partial charge on any atom is 0.353 e. The minimum Gasteiger partial charge on any atom is -0.385 e. The smallest absolute Gasteiger partial charge is 0.353 e. The van der Waals surface area contributed by atoms with Gasteiger partial charge in [0.25, 0.3) is 0 Å². The Balaban J connectivity index is 2.27. The Kier molecular flexibility index (Phi) is 6.53. The Bertz CT molecular complexity index is 709. The average Bonchev–Trinajstić information content (AvgIpc) is 2.50. The summed E-state index contributed by atoms with van der Waals surface area (Å²) in [5.74, 6) is 0.171. The zero-order valence-electron chi connectivity index (χ0n) is 12.8. The number of hydrogen-bond acceptors (Lipinski definition) is 7. The van der Waals surface area contributed by atoms with E-state index in [1.54, 1.807) is 25.3 Å². The highest BCUT2D eigenvalue weighted by Gasteiger charge is 2.23. The molecule has 8 nitrogen and oxygen atoms in total. The molecule has 2 N–H and O–H groups in total. The minimum absolute atomic E-state index is 0.0441. The van der Waals surface area contributed by atoms with E-state index in [-0.39, 0.29) is 17.3 Å². The second-order valence-electron chi connectivity index (χ2n) is 4.73. The Labute approximate surface area is 148 Å². The van der Waals surface area contributed by atoms with Crippen LogP contribution in [0.15, 0.2) is 24.5 Å². The number of halogens is 2. The summed E-state index contributed by atoms with van der Waals surface area (Å²) < 4.78 is 4.94. The third kappa shape index (κ3) is 4.92. The number of benzene rings is 1. The van der Waals surface area contributed by atoms with Crippen LogP contribution in [0.2, 0.25) is 10.0 Å². The van der Waals surface area contributed by atoms with Crippen molar-refractivity contribution >= 4 is 46.2 Å². The summed E-state index contributed by atoms with van der Waals surface area (Å²) in [6.45, 7) is 1.02. The monoisotopic (exact) mass is 371 g/mol. The lowest BCUT2D eigenvalue weighted by molar-refractivity contribution is -0.383. The molecule has 0 aliphatic rings. The van der Waals surface area contributed by atoms with E-state index < -0.39 is 4.92 Å². The lowest BCUT2D eigenvalue weighted by atomic mass is 10.3. The number of rotatable bonds is 8. The zero-order chi connectivity index (χ0) is 17.5. The molecular weight excluding hydrogens is 357 g/mol. The molecule has 0 saturated carbocycles. The fourth-order valence-electron chi connectivity index (χ4n) is 1.96. The number of nitrogens with zero attached hydrogens (tertiary/aromatic N) is 3. The van der Waals surface area contributed by atoms with Gasteiger partial charge in [0.15, 0.2) is 0 Å². The lowest BCUT2D eigenvalue weighted by Crippen LogP contribution is -2.10. The van der Waals surface area contributed by atoms with Crippen molar-refractivity contribution in [3.05, 3.63) is 44.7 Å². The zero-order valence-corrected chi connectivity index (χ0v) is 14.3. The topological polar surface area (TPSA) is 102 Å². The highest BCUT2D eigenvalue weighted by atomic mass is 35.5. The van der Waals surface area contributed by atoms with Gasteiger partial charge in [-0.15, -0.1) is 0 Å². The summed E-state index contributed by atoms with van der Waals surface area (Å²) in [5, 5.41) is 18.0. The number of ether oxygens (including phenoxy) is 1. The molecule has 0 spiro atoms. The van der Waals surface area contributed by atoms with E-state index in [1.165, 1.54) is 6.33 Å². The Morgan fingerprint density at radius 3 is 2.50 bits per heavy atom. The molecule has 2 rings (SSSR count). The van der Waals surface area contributed by atoms with E-state index in [0.29, 0.717) is 35.3 Å². The second-order valence-corrected chi connectivity index (χ2v) is 5.61. The van der Waals surface area contributed by atoms with E-state index in [9.17, 15) is 10.1 Å². The number of methoxy groups -OCH3 is 1. The first kappa shape index (κ1) is 18.2. The first-order chi connectivity index (χ1) is 11.5. The first-order valence-electron chi connectivity index (χ1n) is 6.96.